The molecule has 8 aromatic rings. The van der Waals surface area contributed by atoms with Gasteiger partial charge in [0.1, 0.15) is 120 Å². The average molecular weight is 1220 g/mol. The van der Waals surface area contributed by atoms with Gasteiger partial charge in [-0.2, -0.15) is 0 Å². The summed E-state index contributed by atoms with van der Waals surface area (Å²) in [5.74, 6) is 2.69. The van der Waals surface area contributed by atoms with Crippen LogP contribution in [0.3, 0.4) is 0 Å². The molecule has 0 spiro atoms. The van der Waals surface area contributed by atoms with Gasteiger partial charge in [0.2, 0.25) is 0 Å². The highest BCUT2D eigenvalue weighted by atomic mass is 16.7. The maximum Gasteiger partial charge on any atom is 0.187 e. The number of benzene rings is 4. The number of nitrogens with zero attached hydrogens (tertiary/aromatic N) is 9. The number of aromatic amines is 2. The van der Waals surface area contributed by atoms with Gasteiger partial charge in [-0.25, -0.2) is 34.6 Å². The summed E-state index contributed by atoms with van der Waals surface area (Å²) < 4.78 is 53.4. The summed E-state index contributed by atoms with van der Waals surface area (Å²) in [5.41, 5.74) is 4.13. The molecule has 7 heterocycles. The van der Waals surface area contributed by atoms with Crippen molar-refractivity contribution in [2.45, 2.75) is 62.2 Å². The summed E-state index contributed by atoms with van der Waals surface area (Å²) in [6.45, 7) is -0.340. The van der Waals surface area contributed by atoms with E-state index < -0.39 is 75.4 Å². The Morgan fingerprint density at radius 1 is 0.477 bits per heavy atom. The first-order valence-corrected chi connectivity index (χ1v) is 28.2. The van der Waals surface area contributed by atoms with E-state index in [-0.39, 0.29) is 62.9 Å². The zero-order valence-corrected chi connectivity index (χ0v) is 47.1. The highest BCUT2D eigenvalue weighted by molar-refractivity contribution is 6.07. The van der Waals surface area contributed by atoms with Gasteiger partial charge >= 0.3 is 0 Å². The summed E-state index contributed by atoms with van der Waals surface area (Å²) in [4.78, 5) is 37.1. The zero-order valence-electron chi connectivity index (χ0n) is 47.1. The molecule has 1 fully saturated rings. The number of rotatable bonds is 29. The topological polar surface area (TPSA) is 425 Å². The van der Waals surface area contributed by atoms with Crippen molar-refractivity contribution in [2.24, 2.45) is 0 Å². The number of aliphatic hydroxyl groups excluding tert-OH is 10. The minimum atomic E-state index is -1.55. The monoisotopic (exact) mass is 1220 g/mol. The maximum atomic E-state index is 10.2. The van der Waals surface area contributed by atoms with Crippen LogP contribution in [-0.4, -0.2) is 247 Å². The van der Waals surface area contributed by atoms with Crippen LogP contribution in [0.1, 0.15) is 5.69 Å². The van der Waals surface area contributed by atoms with Gasteiger partial charge < -0.3 is 104 Å². The first-order chi connectivity index (χ1) is 42.9. The predicted molar refractivity (Wildman–Crippen MR) is 308 cm³/mol. The molecule has 0 amide bonds. The Balaban J connectivity index is 0.803. The van der Waals surface area contributed by atoms with Crippen LogP contribution in [0.2, 0.25) is 0 Å². The van der Waals surface area contributed by atoms with Crippen LogP contribution in [-0.2, 0) is 36.8 Å². The van der Waals surface area contributed by atoms with E-state index in [1.165, 1.54) is 0 Å². The van der Waals surface area contributed by atoms with Gasteiger partial charge in [-0.15, -0.1) is 5.10 Å². The molecule has 4 aromatic heterocycles. The van der Waals surface area contributed by atoms with Crippen molar-refractivity contribution in [3.05, 3.63) is 84.7 Å². The molecule has 8 atom stereocenters. The molecule has 0 saturated carbocycles. The molecule has 3 unspecified atom stereocenters. The summed E-state index contributed by atoms with van der Waals surface area (Å²) in [6, 6.07) is 21.0. The fourth-order valence-corrected chi connectivity index (χ4v) is 9.61. The van der Waals surface area contributed by atoms with E-state index in [1.54, 1.807) is 71.5 Å². The Bertz CT molecular complexity index is 3850. The van der Waals surface area contributed by atoms with Crippen LogP contribution < -0.4 is 18.9 Å². The SMILES string of the molecule is OCC(O)COc1ccc2c(c1)-c1nc-2nc2[nH]c(nc3nc(nc4[nH]c(n1)c1ccc(OCC(O)CO)cc41)-c1ccc(OCCOCCOCCOCCn4cc(CO[C@@H]5O[C@H](CO)[C@H](O)[C@H](O)[C@H]5O)nn4)cc1-3)c1ccc(OCC(O)CO)cc21. The number of aliphatic hydroxyl groups is 10. The lowest BCUT2D eigenvalue weighted by Crippen LogP contribution is -2.59. The molecule has 12 N–H and O–H groups in total. The summed E-state index contributed by atoms with van der Waals surface area (Å²) in [7, 11) is 0. The van der Waals surface area contributed by atoms with Crippen molar-refractivity contribution in [1.29, 1.82) is 0 Å². The van der Waals surface area contributed by atoms with Gasteiger partial charge in [-0.3, -0.25) is 0 Å². The van der Waals surface area contributed by atoms with Gasteiger partial charge in [-0.1, -0.05) is 5.21 Å². The Morgan fingerprint density at radius 2 is 0.920 bits per heavy atom. The van der Waals surface area contributed by atoms with E-state index in [1.807, 2.05) is 12.1 Å². The summed E-state index contributed by atoms with van der Waals surface area (Å²) in [6.07, 6.45) is -8.68. The molecule has 3 aliphatic rings. The normalized spacial score (nSPS) is 18.3. The number of aromatic nitrogens is 11. The number of ether oxygens (including phenoxy) is 9. The van der Waals surface area contributed by atoms with Crippen LogP contribution in [0.15, 0.2) is 79.0 Å². The standard InChI is InChI=1S/C58H65N11O19/c70-22-31(74)27-84-35-2-6-39-43(18-35)56-62-51(39)60-54-42-17-34(83-16-15-82-14-13-81-12-11-80-10-9-69-21-30(67-68-69)26-87-58-49(79)48(78)47(77)46(25-73)88-58)1-5-38(42)50(59-54)61-55-44-19-36(85-28-32(75)23-71)3-7-40(44)52(63-55)65-57-45-20-37(86-29-33(76)24-72)4-8-41(45)53(64-56)66-57/h1-8,17-21,31-33,46-49,58,70-79H,9-16,22-29H2,(H2,59,60,61,62,63,64,65,66)/t31?,32?,33?,46-,47+,48+,49-,58-/m1/s1. The third-order valence-electron chi connectivity index (χ3n) is 14.2. The number of H-pyrrole nitrogens is 2. The van der Waals surface area contributed by atoms with Crippen molar-refractivity contribution in [2.75, 3.05) is 92.5 Å². The molecule has 466 valence electrons. The first-order valence-electron chi connectivity index (χ1n) is 28.2. The molecule has 8 bridgehead atoms. The first kappa shape index (κ1) is 61.6. The lowest BCUT2D eigenvalue weighted by atomic mass is 9.99. The number of nitrogens with one attached hydrogen (secondary N) is 2. The van der Waals surface area contributed by atoms with Crippen LogP contribution in [0.5, 0.6) is 23.0 Å². The van der Waals surface area contributed by atoms with Crippen LogP contribution in [0, 0.1) is 0 Å². The molecule has 0 aliphatic carbocycles. The molecule has 11 rings (SSSR count). The third kappa shape index (κ3) is 14.3. The Kier molecular flexibility index (Phi) is 19.9. The third-order valence-corrected chi connectivity index (χ3v) is 14.2. The van der Waals surface area contributed by atoms with Gasteiger partial charge in [0.25, 0.3) is 0 Å². The summed E-state index contributed by atoms with van der Waals surface area (Å²) in [5, 5.41) is 109. The van der Waals surface area contributed by atoms with Crippen LogP contribution >= 0.6 is 0 Å². The van der Waals surface area contributed by atoms with Crippen molar-refractivity contribution in [1.82, 2.24) is 54.9 Å². The second-order valence-electron chi connectivity index (χ2n) is 20.5. The van der Waals surface area contributed by atoms with Crippen molar-refractivity contribution >= 4 is 44.1 Å². The van der Waals surface area contributed by atoms with Crippen molar-refractivity contribution in [3.8, 4) is 68.5 Å². The molecule has 1 saturated heterocycles. The quantitative estimate of drug-likeness (QED) is 0.0277. The molecule has 88 heavy (non-hydrogen) atoms. The second-order valence-corrected chi connectivity index (χ2v) is 20.5. The largest absolute Gasteiger partial charge is 0.491 e. The fraction of sp³-hybridized carbons (Fsp3) is 0.414. The minimum Gasteiger partial charge on any atom is -0.491 e. The van der Waals surface area contributed by atoms with E-state index in [4.69, 9.17) is 72.5 Å². The van der Waals surface area contributed by atoms with Gasteiger partial charge in [0.15, 0.2) is 29.6 Å². The molecule has 0 radical (unpaired) electrons. The van der Waals surface area contributed by atoms with Crippen molar-refractivity contribution < 1.29 is 93.7 Å². The van der Waals surface area contributed by atoms with Crippen LogP contribution in [0.25, 0.3) is 89.7 Å². The summed E-state index contributed by atoms with van der Waals surface area (Å²) >= 11 is 0. The number of hydrogen-bond donors (Lipinski definition) is 12. The van der Waals surface area contributed by atoms with Gasteiger partial charge in [0.05, 0.1) is 85.4 Å². The lowest BCUT2D eigenvalue weighted by molar-refractivity contribution is -0.304. The fourth-order valence-electron chi connectivity index (χ4n) is 9.61. The van der Waals surface area contributed by atoms with Gasteiger partial charge in [0, 0.05) is 43.8 Å². The van der Waals surface area contributed by atoms with E-state index in [2.05, 4.69) is 20.3 Å². The molecule has 30 nitrogen and oxygen atoms in total. The van der Waals surface area contributed by atoms with Crippen molar-refractivity contribution in [3.63, 3.8) is 0 Å². The second kappa shape index (κ2) is 28.4. The highest BCUT2D eigenvalue weighted by Crippen LogP contribution is 2.40. The van der Waals surface area contributed by atoms with E-state index in [0.29, 0.717) is 135 Å². The zero-order chi connectivity index (χ0) is 61.3. The average Bonchev–Trinajstić information content (AvgIpc) is 2.17. The smallest absolute Gasteiger partial charge is 0.187 e. The maximum absolute atomic E-state index is 10.2. The van der Waals surface area contributed by atoms with E-state index in [9.17, 15) is 51.1 Å². The minimum absolute atomic E-state index is 0.107. The van der Waals surface area contributed by atoms with E-state index in [0.717, 1.165) is 0 Å². The highest BCUT2D eigenvalue weighted by Gasteiger charge is 2.44. The number of hydrogen-bond acceptors (Lipinski definition) is 27. The van der Waals surface area contributed by atoms with E-state index >= 15 is 0 Å². The van der Waals surface area contributed by atoms with Crippen LogP contribution in [0.4, 0.5) is 0 Å². The van der Waals surface area contributed by atoms with Gasteiger partial charge in [-0.05, 0) is 72.8 Å². The Hall–Kier alpha value is -8.02. The molecular formula is C58H65N11O19. The molecule has 4 aromatic carbocycles. The molecular weight excluding hydrogens is 1150 g/mol. The molecule has 3 aliphatic heterocycles. The number of fused-ring (bicyclic) bond motifs is 20. The lowest BCUT2D eigenvalue weighted by Gasteiger charge is -2.39. The Labute approximate surface area is 499 Å². The predicted octanol–water partition coefficient (Wildman–Crippen LogP) is 0.102. The Morgan fingerprint density at radius 3 is 1.42 bits per heavy atom. The molecule has 30 heteroatoms.